The molecule has 12 heavy (non-hydrogen) atoms. The van der Waals surface area contributed by atoms with Gasteiger partial charge < -0.3 is 4.74 Å². The lowest BCUT2D eigenvalue weighted by Crippen LogP contribution is -2.26. The fourth-order valence-electron chi connectivity index (χ4n) is 0.628. The molecule has 0 spiro atoms. The number of hydrogen-bond acceptors (Lipinski definition) is 1. The molecule has 0 saturated heterocycles. The van der Waals surface area contributed by atoms with Gasteiger partial charge in [-0.3, -0.25) is 0 Å². The Morgan fingerprint density at radius 2 is 1.92 bits per heavy atom. The second-order valence-electron chi connectivity index (χ2n) is 3.98. The topological polar surface area (TPSA) is 9.23 Å². The summed E-state index contributed by atoms with van der Waals surface area (Å²) in [4.78, 5) is 0. The monoisotopic (exact) mass is 251 g/mol. The van der Waals surface area contributed by atoms with Gasteiger partial charge in [-0.25, -0.2) is 0 Å². The van der Waals surface area contributed by atoms with Crippen molar-refractivity contribution in [2.24, 2.45) is 0 Å². The van der Waals surface area contributed by atoms with E-state index in [4.69, 9.17) is 4.74 Å². The zero-order valence-corrected chi connectivity index (χ0v) is 11.2. The quantitative estimate of drug-likeness (QED) is 0.400. The third-order valence-corrected chi connectivity index (χ3v) is 5.65. The molecule has 0 aromatic rings. The van der Waals surface area contributed by atoms with E-state index in [1.807, 2.05) is 0 Å². The van der Waals surface area contributed by atoms with Crippen LogP contribution in [-0.2, 0) is 4.74 Å². The number of ether oxygens (including phenoxy) is 1. The molecule has 0 atom stereocenters. The van der Waals surface area contributed by atoms with E-state index in [1.165, 1.54) is 0 Å². The highest BCUT2D eigenvalue weighted by Gasteiger charge is 2.23. The minimum absolute atomic E-state index is 0.235. The summed E-state index contributed by atoms with van der Waals surface area (Å²) in [5, 5.41) is 1.46. The lowest BCUT2D eigenvalue weighted by Gasteiger charge is -2.27. The molecule has 0 aromatic heterocycles. The van der Waals surface area contributed by atoms with Gasteiger partial charge in [-0.1, -0.05) is 42.9 Å². The van der Waals surface area contributed by atoms with Crippen LogP contribution in [0.15, 0.2) is 0 Å². The molecule has 0 aromatic carbocycles. The van der Waals surface area contributed by atoms with Crippen molar-refractivity contribution in [3.8, 4) is 0 Å². The van der Waals surface area contributed by atoms with Gasteiger partial charge >= 0.3 is 0 Å². The third-order valence-electron chi connectivity index (χ3n) is 2.24. The number of hydrogen-bond donors (Lipinski definition) is 0. The molecule has 0 heterocycles. The molecular formula is C9H20BrOSi. The molecule has 0 aliphatic rings. The van der Waals surface area contributed by atoms with Crippen molar-refractivity contribution in [3.05, 3.63) is 0 Å². The van der Waals surface area contributed by atoms with Gasteiger partial charge in [0, 0.05) is 18.5 Å². The fraction of sp³-hybridized carbons (Fsp3) is 1.00. The van der Waals surface area contributed by atoms with E-state index < -0.39 is 0 Å². The Balaban J connectivity index is 3.47. The number of halogens is 1. The molecule has 0 rings (SSSR count). The van der Waals surface area contributed by atoms with Crippen LogP contribution < -0.4 is 0 Å². The van der Waals surface area contributed by atoms with E-state index in [0.717, 1.165) is 25.0 Å². The fourth-order valence-corrected chi connectivity index (χ4v) is 1.25. The first kappa shape index (κ1) is 12.7. The molecule has 1 radical (unpaired) electrons. The summed E-state index contributed by atoms with van der Waals surface area (Å²) in [5.41, 5.74) is 0. The maximum Gasteiger partial charge on any atom is 0.0503 e. The van der Waals surface area contributed by atoms with E-state index in [9.17, 15) is 0 Å². The third kappa shape index (κ3) is 5.33. The Hall–Kier alpha value is 0.657. The average Bonchev–Trinajstić information content (AvgIpc) is 1.98. The van der Waals surface area contributed by atoms with Crippen molar-refractivity contribution >= 4 is 24.7 Å². The van der Waals surface area contributed by atoms with Crippen LogP contribution in [0, 0.1) is 0 Å². The number of alkyl halides is 1. The zero-order chi connectivity index (χ0) is 9.61. The second-order valence-corrected chi connectivity index (χ2v) is 8.13. The lowest BCUT2D eigenvalue weighted by atomic mass is 10.2. The zero-order valence-electron chi connectivity index (χ0n) is 8.61. The van der Waals surface area contributed by atoms with Crippen molar-refractivity contribution < 1.29 is 4.74 Å². The van der Waals surface area contributed by atoms with Crippen molar-refractivity contribution in [3.63, 3.8) is 0 Å². The van der Waals surface area contributed by atoms with Gasteiger partial charge in [-0.15, -0.1) is 0 Å². The SMILES string of the molecule is C[Si](C)C(C)(C)COCCCBr. The van der Waals surface area contributed by atoms with Crippen LogP contribution in [-0.4, -0.2) is 27.3 Å². The normalized spacial score (nSPS) is 12.5. The van der Waals surface area contributed by atoms with Crippen LogP contribution in [0.25, 0.3) is 0 Å². The molecule has 1 nitrogen and oxygen atoms in total. The predicted molar refractivity (Wildman–Crippen MR) is 60.8 cm³/mol. The van der Waals surface area contributed by atoms with Gasteiger partial charge in [-0.2, -0.15) is 0 Å². The van der Waals surface area contributed by atoms with Crippen molar-refractivity contribution in [1.29, 1.82) is 0 Å². The van der Waals surface area contributed by atoms with E-state index >= 15 is 0 Å². The molecule has 0 bridgehead atoms. The predicted octanol–water partition coefficient (Wildman–Crippen LogP) is 3.32. The molecular weight excluding hydrogens is 232 g/mol. The maximum atomic E-state index is 5.60. The molecule has 0 saturated carbocycles. The van der Waals surface area contributed by atoms with Crippen molar-refractivity contribution in [2.75, 3.05) is 18.5 Å². The van der Waals surface area contributed by atoms with Crippen molar-refractivity contribution in [1.82, 2.24) is 0 Å². The van der Waals surface area contributed by atoms with Crippen LogP contribution in [0.1, 0.15) is 20.3 Å². The van der Waals surface area contributed by atoms with E-state index in [0.29, 0.717) is 5.04 Å². The summed E-state index contributed by atoms with van der Waals surface area (Å²) in [6.45, 7) is 11.1. The van der Waals surface area contributed by atoms with E-state index in [2.05, 4.69) is 42.9 Å². The summed E-state index contributed by atoms with van der Waals surface area (Å²) < 4.78 is 5.60. The van der Waals surface area contributed by atoms with Gasteiger partial charge in [0.2, 0.25) is 0 Å². The minimum atomic E-state index is -0.235. The highest BCUT2D eigenvalue weighted by atomic mass is 79.9. The highest BCUT2D eigenvalue weighted by molar-refractivity contribution is 9.09. The summed E-state index contributed by atoms with van der Waals surface area (Å²) in [6.07, 6.45) is 1.12. The Morgan fingerprint density at radius 1 is 1.33 bits per heavy atom. The molecule has 3 heteroatoms. The van der Waals surface area contributed by atoms with Crippen LogP contribution in [0.5, 0.6) is 0 Å². The minimum Gasteiger partial charge on any atom is -0.381 e. The molecule has 0 unspecified atom stereocenters. The first-order chi connectivity index (χ1) is 5.50. The Labute approximate surface area is 86.6 Å². The Kier molecular flexibility index (Phi) is 6.50. The van der Waals surface area contributed by atoms with Crippen LogP contribution >= 0.6 is 15.9 Å². The first-order valence-electron chi connectivity index (χ1n) is 4.45. The Bertz CT molecular complexity index is 115. The molecule has 0 N–H and O–H groups in total. The van der Waals surface area contributed by atoms with E-state index in [1.54, 1.807) is 0 Å². The summed E-state index contributed by atoms with van der Waals surface area (Å²) in [7, 11) is -0.235. The van der Waals surface area contributed by atoms with E-state index in [-0.39, 0.29) is 8.80 Å². The Morgan fingerprint density at radius 3 is 2.33 bits per heavy atom. The average molecular weight is 252 g/mol. The highest BCUT2D eigenvalue weighted by Crippen LogP contribution is 2.28. The van der Waals surface area contributed by atoms with Gasteiger partial charge in [0.25, 0.3) is 0 Å². The largest absolute Gasteiger partial charge is 0.381 e. The first-order valence-corrected chi connectivity index (χ1v) is 8.07. The smallest absolute Gasteiger partial charge is 0.0503 e. The van der Waals surface area contributed by atoms with Gasteiger partial charge in [0.05, 0.1) is 8.80 Å². The van der Waals surface area contributed by atoms with Gasteiger partial charge in [-0.05, 0) is 11.5 Å². The lowest BCUT2D eigenvalue weighted by molar-refractivity contribution is 0.115. The molecule has 0 fully saturated rings. The molecule has 0 aliphatic carbocycles. The number of rotatable bonds is 6. The van der Waals surface area contributed by atoms with Crippen LogP contribution in [0.3, 0.4) is 0 Å². The van der Waals surface area contributed by atoms with Crippen molar-refractivity contribution in [2.45, 2.75) is 38.4 Å². The summed E-state index contributed by atoms with van der Waals surface area (Å²) in [5.74, 6) is 0. The summed E-state index contributed by atoms with van der Waals surface area (Å²) in [6, 6.07) is 0. The molecule has 73 valence electrons. The van der Waals surface area contributed by atoms with Gasteiger partial charge in [0.15, 0.2) is 0 Å². The molecule has 0 aliphatic heterocycles. The standard InChI is InChI=1S/C9H20BrOSi/c1-9(2,12(3)4)8-11-7-5-6-10/h5-8H2,1-4H3. The van der Waals surface area contributed by atoms with Gasteiger partial charge in [0.1, 0.15) is 0 Å². The van der Waals surface area contributed by atoms with Crippen LogP contribution in [0.4, 0.5) is 0 Å². The summed E-state index contributed by atoms with van der Waals surface area (Å²) >= 11 is 3.39. The van der Waals surface area contributed by atoms with Crippen LogP contribution in [0.2, 0.25) is 18.1 Å². The second kappa shape index (κ2) is 6.16. The maximum absolute atomic E-state index is 5.60. The molecule has 0 amide bonds.